The van der Waals surface area contributed by atoms with E-state index < -0.39 is 0 Å². The first-order chi connectivity index (χ1) is 10.3. The third-order valence-corrected chi connectivity index (χ3v) is 4.31. The Bertz CT molecular complexity index is 630. The maximum Gasteiger partial charge on any atom is 0.212 e. The van der Waals surface area contributed by atoms with E-state index in [0.717, 1.165) is 35.3 Å². The average Bonchev–Trinajstić information content (AvgIpc) is 2.97. The molecular formula is C15H18N4OS. The predicted octanol–water partition coefficient (Wildman–Crippen LogP) is 2.65. The lowest BCUT2D eigenvalue weighted by Crippen LogP contribution is -2.09. The van der Waals surface area contributed by atoms with Crippen molar-refractivity contribution in [2.24, 2.45) is 0 Å². The van der Waals surface area contributed by atoms with Gasteiger partial charge in [-0.2, -0.15) is 11.8 Å². The van der Waals surface area contributed by atoms with Gasteiger partial charge >= 0.3 is 0 Å². The molecule has 3 rings (SSSR count). The van der Waals surface area contributed by atoms with Gasteiger partial charge in [-0.1, -0.05) is 6.07 Å². The number of rotatable bonds is 5. The second kappa shape index (κ2) is 6.30. The van der Waals surface area contributed by atoms with Gasteiger partial charge < -0.3 is 10.1 Å². The number of nitrogens with one attached hydrogen (secondary N) is 1. The second-order valence-corrected chi connectivity index (χ2v) is 5.81. The van der Waals surface area contributed by atoms with Gasteiger partial charge in [0, 0.05) is 42.3 Å². The van der Waals surface area contributed by atoms with Gasteiger partial charge in [-0.25, -0.2) is 15.0 Å². The smallest absolute Gasteiger partial charge is 0.212 e. The van der Waals surface area contributed by atoms with Gasteiger partial charge in [-0.05, 0) is 12.5 Å². The van der Waals surface area contributed by atoms with E-state index in [0.29, 0.717) is 12.3 Å². The van der Waals surface area contributed by atoms with Crippen molar-refractivity contribution in [2.45, 2.75) is 24.9 Å². The SMILES string of the molecule is CCNc1nc(Cc2ccc(OC)nc2)nc2c1CSC2. The molecule has 0 saturated carbocycles. The molecule has 5 nitrogen and oxygen atoms in total. The van der Waals surface area contributed by atoms with Gasteiger partial charge in [0.25, 0.3) is 0 Å². The summed E-state index contributed by atoms with van der Waals surface area (Å²) in [6.45, 7) is 2.96. The summed E-state index contributed by atoms with van der Waals surface area (Å²) >= 11 is 1.89. The van der Waals surface area contributed by atoms with E-state index in [4.69, 9.17) is 9.72 Å². The highest BCUT2D eigenvalue weighted by atomic mass is 32.2. The number of ether oxygens (including phenoxy) is 1. The number of pyridine rings is 1. The Morgan fingerprint density at radius 3 is 2.90 bits per heavy atom. The van der Waals surface area contributed by atoms with E-state index >= 15 is 0 Å². The topological polar surface area (TPSA) is 59.9 Å². The molecule has 0 aliphatic carbocycles. The van der Waals surface area contributed by atoms with Crippen LogP contribution in [0, 0.1) is 0 Å². The average molecular weight is 302 g/mol. The van der Waals surface area contributed by atoms with Crippen molar-refractivity contribution in [3.63, 3.8) is 0 Å². The Labute approximate surface area is 128 Å². The molecule has 2 aromatic heterocycles. The van der Waals surface area contributed by atoms with Gasteiger partial charge in [0.1, 0.15) is 11.6 Å². The molecule has 0 saturated heterocycles. The van der Waals surface area contributed by atoms with Crippen molar-refractivity contribution in [3.05, 3.63) is 41.0 Å². The maximum atomic E-state index is 5.08. The molecule has 0 atom stereocenters. The molecule has 0 unspecified atom stereocenters. The molecule has 0 bridgehead atoms. The van der Waals surface area contributed by atoms with Crippen LogP contribution in [0.25, 0.3) is 0 Å². The molecule has 0 amide bonds. The molecule has 110 valence electrons. The lowest BCUT2D eigenvalue weighted by Gasteiger charge is -2.10. The van der Waals surface area contributed by atoms with Crippen LogP contribution in [0.1, 0.15) is 29.6 Å². The third kappa shape index (κ3) is 3.10. The molecule has 2 aromatic rings. The Kier molecular flexibility index (Phi) is 4.24. The number of nitrogens with zero attached hydrogens (tertiary/aromatic N) is 3. The van der Waals surface area contributed by atoms with Crippen LogP contribution in [0.2, 0.25) is 0 Å². The first-order valence-corrected chi connectivity index (χ1v) is 8.14. The van der Waals surface area contributed by atoms with Gasteiger partial charge in [0.15, 0.2) is 0 Å². The number of methoxy groups -OCH3 is 1. The minimum Gasteiger partial charge on any atom is -0.481 e. The molecule has 0 spiro atoms. The summed E-state index contributed by atoms with van der Waals surface area (Å²) in [5.74, 6) is 4.44. The molecular weight excluding hydrogens is 284 g/mol. The van der Waals surface area contributed by atoms with Crippen LogP contribution in [0.3, 0.4) is 0 Å². The molecule has 3 heterocycles. The van der Waals surface area contributed by atoms with Crippen LogP contribution >= 0.6 is 11.8 Å². The Morgan fingerprint density at radius 1 is 1.29 bits per heavy atom. The lowest BCUT2D eigenvalue weighted by atomic mass is 10.2. The number of hydrogen-bond donors (Lipinski definition) is 1. The fourth-order valence-electron chi connectivity index (χ4n) is 2.31. The normalized spacial score (nSPS) is 13.0. The zero-order valence-corrected chi connectivity index (χ0v) is 13.0. The minimum absolute atomic E-state index is 0.623. The predicted molar refractivity (Wildman–Crippen MR) is 84.8 cm³/mol. The summed E-state index contributed by atoms with van der Waals surface area (Å²) in [6.07, 6.45) is 2.50. The number of fused-ring (bicyclic) bond motifs is 1. The number of anilines is 1. The highest BCUT2D eigenvalue weighted by molar-refractivity contribution is 7.98. The van der Waals surface area contributed by atoms with Gasteiger partial charge in [-0.3, -0.25) is 0 Å². The molecule has 0 aromatic carbocycles. The van der Waals surface area contributed by atoms with E-state index in [-0.39, 0.29) is 0 Å². The van der Waals surface area contributed by atoms with E-state index in [1.807, 2.05) is 30.1 Å². The highest BCUT2D eigenvalue weighted by Crippen LogP contribution is 2.32. The molecule has 1 aliphatic rings. The summed E-state index contributed by atoms with van der Waals surface area (Å²) in [5, 5.41) is 3.35. The van der Waals surface area contributed by atoms with E-state index in [2.05, 4.69) is 22.2 Å². The van der Waals surface area contributed by atoms with Crippen molar-refractivity contribution in [1.29, 1.82) is 0 Å². The first kappa shape index (κ1) is 14.1. The molecule has 0 radical (unpaired) electrons. The highest BCUT2D eigenvalue weighted by Gasteiger charge is 2.19. The monoisotopic (exact) mass is 302 g/mol. The lowest BCUT2D eigenvalue weighted by molar-refractivity contribution is 0.397. The zero-order chi connectivity index (χ0) is 14.7. The largest absolute Gasteiger partial charge is 0.481 e. The summed E-state index contributed by atoms with van der Waals surface area (Å²) in [6, 6.07) is 3.87. The van der Waals surface area contributed by atoms with E-state index in [1.165, 1.54) is 11.3 Å². The van der Waals surface area contributed by atoms with Crippen molar-refractivity contribution >= 4 is 17.6 Å². The summed E-state index contributed by atoms with van der Waals surface area (Å²) in [5.41, 5.74) is 3.52. The molecule has 6 heteroatoms. The summed E-state index contributed by atoms with van der Waals surface area (Å²) in [7, 11) is 1.62. The quantitative estimate of drug-likeness (QED) is 0.916. The number of aromatic nitrogens is 3. The second-order valence-electron chi connectivity index (χ2n) is 4.82. The fraction of sp³-hybridized carbons (Fsp3) is 0.400. The first-order valence-electron chi connectivity index (χ1n) is 6.99. The van der Waals surface area contributed by atoms with Crippen LogP contribution in [0.4, 0.5) is 5.82 Å². The Morgan fingerprint density at radius 2 is 2.19 bits per heavy atom. The minimum atomic E-state index is 0.623. The van der Waals surface area contributed by atoms with Crippen LogP contribution in [0.5, 0.6) is 5.88 Å². The number of thioether (sulfide) groups is 1. The summed E-state index contributed by atoms with van der Waals surface area (Å²) in [4.78, 5) is 13.6. The fourth-order valence-corrected chi connectivity index (χ4v) is 3.36. The third-order valence-electron chi connectivity index (χ3n) is 3.34. The zero-order valence-electron chi connectivity index (χ0n) is 12.2. The van der Waals surface area contributed by atoms with E-state index in [1.54, 1.807) is 7.11 Å². The maximum absolute atomic E-state index is 5.08. The van der Waals surface area contributed by atoms with Gasteiger partial charge in [-0.15, -0.1) is 0 Å². The van der Waals surface area contributed by atoms with E-state index in [9.17, 15) is 0 Å². The van der Waals surface area contributed by atoms with Crippen LogP contribution in [-0.2, 0) is 17.9 Å². The Hall–Kier alpha value is -1.82. The van der Waals surface area contributed by atoms with Gasteiger partial charge in [0.2, 0.25) is 5.88 Å². The van der Waals surface area contributed by atoms with Crippen molar-refractivity contribution in [1.82, 2.24) is 15.0 Å². The standard InChI is InChI=1S/C15H18N4OS/c1-3-16-15-11-8-21-9-12(11)18-13(19-15)6-10-4-5-14(20-2)17-7-10/h4-5,7H,3,6,8-9H2,1-2H3,(H,16,18,19). The summed E-state index contributed by atoms with van der Waals surface area (Å²) < 4.78 is 5.08. The molecule has 0 fully saturated rings. The van der Waals surface area contributed by atoms with Crippen LogP contribution < -0.4 is 10.1 Å². The molecule has 21 heavy (non-hydrogen) atoms. The van der Waals surface area contributed by atoms with Crippen LogP contribution in [0.15, 0.2) is 18.3 Å². The van der Waals surface area contributed by atoms with Crippen LogP contribution in [-0.4, -0.2) is 28.6 Å². The molecule has 1 aliphatic heterocycles. The van der Waals surface area contributed by atoms with Crippen molar-refractivity contribution in [2.75, 3.05) is 19.0 Å². The van der Waals surface area contributed by atoms with Gasteiger partial charge in [0.05, 0.1) is 12.8 Å². The van der Waals surface area contributed by atoms with Crippen molar-refractivity contribution in [3.8, 4) is 5.88 Å². The molecule has 1 N–H and O–H groups in total. The van der Waals surface area contributed by atoms with Crippen molar-refractivity contribution < 1.29 is 4.74 Å². The number of hydrogen-bond acceptors (Lipinski definition) is 6. The Balaban J connectivity index is 1.86.